The summed E-state index contributed by atoms with van der Waals surface area (Å²) in [6.07, 6.45) is 0. The molecule has 8 nitrogen and oxygen atoms in total. The van der Waals surface area contributed by atoms with E-state index in [1.165, 1.54) is 0 Å². The molecule has 0 saturated carbocycles. The van der Waals surface area contributed by atoms with Gasteiger partial charge >= 0.3 is 0 Å². The Bertz CT molecular complexity index is 5590. The largest absolute Gasteiger partial charge is 0.309 e. The van der Waals surface area contributed by atoms with Crippen LogP contribution in [0.25, 0.3) is 172 Å². The highest BCUT2D eigenvalue weighted by molar-refractivity contribution is 6.14. The van der Waals surface area contributed by atoms with Crippen molar-refractivity contribution in [1.29, 1.82) is 10.5 Å². The minimum atomic E-state index is 0.420. The van der Waals surface area contributed by atoms with E-state index in [1.807, 2.05) is 121 Å². The van der Waals surface area contributed by atoms with Crippen molar-refractivity contribution in [2.45, 2.75) is 0 Å². The van der Waals surface area contributed by atoms with Crippen LogP contribution in [0.15, 0.2) is 328 Å². The van der Waals surface area contributed by atoms with Crippen LogP contribution >= 0.6 is 0 Å². The highest BCUT2D eigenvalue weighted by Gasteiger charge is 2.25. The Balaban J connectivity index is 0.928. The van der Waals surface area contributed by atoms with Crippen LogP contribution in [0.4, 0.5) is 5.69 Å². The van der Waals surface area contributed by atoms with Gasteiger partial charge in [0.1, 0.15) is 0 Å². The van der Waals surface area contributed by atoms with Gasteiger partial charge in [-0.25, -0.2) is 19.8 Å². The SMILES string of the molecule is [C-]#[N+]c1ccc(-c2ccc(-c3nc(-c4ccc(-c5ccc(C#N)cc5)c(-n5c6ccc(-c7ccccc7)cc6c6cc(-c7ccccc7)ccc65)c4)nc(-c4ccccc4-c4ccccc4C#N)n3)cc2-n2c3ccc(-c4ccccc4)cc3c3cc(-c4ccccc4)ccc32)cc1. The van der Waals surface area contributed by atoms with Crippen molar-refractivity contribution in [3.8, 4) is 136 Å². The normalized spacial score (nSPS) is 11.2. The first-order valence-corrected chi connectivity index (χ1v) is 32.4. The van der Waals surface area contributed by atoms with Crippen LogP contribution in [0.1, 0.15) is 11.1 Å². The Labute approximate surface area is 566 Å². The molecule has 8 heteroatoms. The zero-order valence-electron chi connectivity index (χ0n) is 52.8. The highest BCUT2D eigenvalue weighted by atomic mass is 15.0. The van der Waals surface area contributed by atoms with Crippen LogP contribution in [0.5, 0.6) is 0 Å². The molecule has 3 aromatic heterocycles. The van der Waals surface area contributed by atoms with Crippen molar-refractivity contribution in [2.75, 3.05) is 0 Å². The third kappa shape index (κ3) is 10.4. The van der Waals surface area contributed by atoms with E-state index in [2.05, 4.69) is 232 Å². The number of rotatable bonds is 12. The van der Waals surface area contributed by atoms with Gasteiger partial charge in [-0.1, -0.05) is 249 Å². The number of nitriles is 2. The second kappa shape index (κ2) is 24.6. The fourth-order valence-corrected chi connectivity index (χ4v) is 13.9. The van der Waals surface area contributed by atoms with E-state index >= 15 is 0 Å². The van der Waals surface area contributed by atoms with Gasteiger partial charge in [0.05, 0.1) is 63.3 Å². The molecule has 0 aliphatic carbocycles. The molecule has 0 aliphatic heterocycles. The third-order valence-electron chi connectivity index (χ3n) is 18.7. The number of fused-ring (bicyclic) bond motifs is 6. The van der Waals surface area contributed by atoms with Gasteiger partial charge in [0.15, 0.2) is 23.2 Å². The molecule has 0 unspecified atom stereocenters. The van der Waals surface area contributed by atoms with Crippen molar-refractivity contribution in [2.24, 2.45) is 0 Å². The zero-order valence-corrected chi connectivity index (χ0v) is 52.8. The quantitative estimate of drug-likeness (QED) is 0.113. The summed E-state index contributed by atoms with van der Waals surface area (Å²) in [5, 5.41) is 25.0. The van der Waals surface area contributed by atoms with Crippen LogP contribution in [0, 0.1) is 29.2 Å². The van der Waals surface area contributed by atoms with E-state index in [-0.39, 0.29) is 0 Å². The monoisotopic (exact) mass is 1250 g/mol. The first kappa shape index (κ1) is 58.0. The molecule has 0 radical (unpaired) electrons. The lowest BCUT2D eigenvalue weighted by Gasteiger charge is -2.18. The Kier molecular flexibility index (Phi) is 14.5. The molecule has 0 saturated heterocycles. The van der Waals surface area contributed by atoms with E-state index in [4.69, 9.17) is 21.5 Å². The van der Waals surface area contributed by atoms with Gasteiger partial charge in [0, 0.05) is 54.9 Å². The molecule has 17 aromatic rings. The molecule has 454 valence electrons. The standard InChI is InChI=1S/C90H54N8/c1-93-72-42-34-64(35-43-72)75-45-37-70(55-87(75)98-84-48-40-67(61-22-10-4-11-23-61)52-80(84)81-53-68(41-49-85(81)98)62-24-12-5-13-25-62)89-94-88(95-90(96-89)77-29-17-16-28-76(77)73-27-15-14-26-71(73)57-92)69-36-44-74(63-32-30-58(56-91)31-33-63)86(54-69)97-82-46-38-65(59-18-6-2-7-19-59)50-78(82)79-51-66(39-47-83(79)97)60-20-8-3-9-21-60/h2-55H. The lowest BCUT2D eigenvalue weighted by molar-refractivity contribution is 1.07. The summed E-state index contributed by atoms with van der Waals surface area (Å²) in [5.41, 5.74) is 23.8. The summed E-state index contributed by atoms with van der Waals surface area (Å²) < 4.78 is 4.72. The van der Waals surface area contributed by atoms with Crippen molar-refractivity contribution in [1.82, 2.24) is 24.1 Å². The molecular formula is C90H54N8. The topological polar surface area (TPSA) is 100 Å². The Morgan fingerprint density at radius 2 is 0.602 bits per heavy atom. The molecule has 3 heterocycles. The summed E-state index contributed by atoms with van der Waals surface area (Å²) in [6.45, 7) is 7.90. The van der Waals surface area contributed by atoms with E-state index < -0.39 is 0 Å². The number of nitrogens with zero attached hydrogens (tertiary/aromatic N) is 8. The molecule has 17 rings (SSSR count). The minimum absolute atomic E-state index is 0.420. The van der Waals surface area contributed by atoms with E-state index in [0.717, 1.165) is 150 Å². The van der Waals surface area contributed by atoms with Crippen molar-refractivity contribution in [3.05, 3.63) is 350 Å². The second-order valence-electron chi connectivity index (χ2n) is 24.4. The van der Waals surface area contributed by atoms with Crippen LogP contribution in [0.2, 0.25) is 0 Å². The average Bonchev–Trinajstić information content (AvgIpc) is 1.51. The molecule has 0 spiro atoms. The number of hydrogen-bond donors (Lipinski definition) is 0. The fourth-order valence-electron chi connectivity index (χ4n) is 13.9. The lowest BCUT2D eigenvalue weighted by atomic mass is 9.95. The van der Waals surface area contributed by atoms with Gasteiger partial charge in [-0.05, 0) is 140 Å². The van der Waals surface area contributed by atoms with E-state index in [1.54, 1.807) is 0 Å². The van der Waals surface area contributed by atoms with Gasteiger partial charge in [0.25, 0.3) is 0 Å². The Morgan fingerprint density at radius 1 is 0.265 bits per heavy atom. The van der Waals surface area contributed by atoms with Gasteiger partial charge in [-0.2, -0.15) is 10.5 Å². The maximum absolute atomic E-state index is 10.6. The van der Waals surface area contributed by atoms with Gasteiger partial charge in [-0.15, -0.1) is 0 Å². The molecular weight excluding hydrogens is 1190 g/mol. The summed E-state index contributed by atoms with van der Waals surface area (Å²) >= 11 is 0. The minimum Gasteiger partial charge on any atom is -0.309 e. The molecule has 0 bridgehead atoms. The first-order valence-electron chi connectivity index (χ1n) is 32.4. The first-order chi connectivity index (χ1) is 48.4. The highest BCUT2D eigenvalue weighted by Crippen LogP contribution is 2.45. The smallest absolute Gasteiger partial charge is 0.187 e. The number of aromatic nitrogens is 5. The lowest BCUT2D eigenvalue weighted by Crippen LogP contribution is -2.04. The fraction of sp³-hybridized carbons (Fsp3) is 0. The summed E-state index contributed by atoms with van der Waals surface area (Å²) in [7, 11) is 0. The van der Waals surface area contributed by atoms with Crippen LogP contribution < -0.4 is 0 Å². The predicted molar refractivity (Wildman–Crippen MR) is 399 cm³/mol. The van der Waals surface area contributed by atoms with Crippen LogP contribution in [-0.2, 0) is 0 Å². The third-order valence-corrected chi connectivity index (χ3v) is 18.7. The number of hydrogen-bond acceptors (Lipinski definition) is 5. The summed E-state index contributed by atoms with van der Waals surface area (Å²) in [6, 6.07) is 118. The number of benzene rings is 14. The zero-order chi connectivity index (χ0) is 65.6. The molecule has 0 fully saturated rings. The molecule has 98 heavy (non-hydrogen) atoms. The second-order valence-corrected chi connectivity index (χ2v) is 24.4. The van der Waals surface area contributed by atoms with E-state index in [9.17, 15) is 10.5 Å². The molecule has 0 aliphatic rings. The van der Waals surface area contributed by atoms with Crippen molar-refractivity contribution in [3.63, 3.8) is 0 Å². The molecule has 14 aromatic carbocycles. The predicted octanol–water partition coefficient (Wildman–Crippen LogP) is 23.0. The van der Waals surface area contributed by atoms with Gasteiger partial charge in [0.2, 0.25) is 0 Å². The van der Waals surface area contributed by atoms with Crippen molar-refractivity contribution >= 4 is 49.3 Å². The van der Waals surface area contributed by atoms with Crippen LogP contribution in [0.3, 0.4) is 0 Å². The van der Waals surface area contributed by atoms with Gasteiger partial charge < -0.3 is 9.13 Å². The average molecular weight is 1250 g/mol. The van der Waals surface area contributed by atoms with E-state index in [0.29, 0.717) is 34.3 Å². The molecule has 0 N–H and O–H groups in total. The molecule has 0 atom stereocenters. The summed E-state index contributed by atoms with van der Waals surface area (Å²) in [4.78, 5) is 20.4. The Morgan fingerprint density at radius 3 is 0.990 bits per heavy atom. The van der Waals surface area contributed by atoms with Gasteiger partial charge in [-0.3, -0.25) is 0 Å². The maximum atomic E-state index is 10.6. The molecule has 0 amide bonds. The van der Waals surface area contributed by atoms with Crippen molar-refractivity contribution < 1.29 is 0 Å². The van der Waals surface area contributed by atoms with Crippen LogP contribution in [-0.4, -0.2) is 24.1 Å². The summed E-state index contributed by atoms with van der Waals surface area (Å²) in [5.74, 6) is 1.28. The Hall–Kier alpha value is -13.8. The maximum Gasteiger partial charge on any atom is 0.187 e.